The fourth-order valence-corrected chi connectivity index (χ4v) is 5.52. The molecule has 0 aromatic carbocycles. The predicted octanol–water partition coefficient (Wildman–Crippen LogP) is 3.67. The standard InChI is InChI=1S/C13H10BrF3N4O2S2/c1-3-25(22,23)11-9(20-12(14)24-11)10-19-6-4-8(13(15,16)17)18-5-7(6)21(10)2/h4-5H,3H2,1-2H3. The largest absolute Gasteiger partial charge is 0.433 e. The average Bonchev–Trinajstić information content (AvgIpc) is 3.07. The molecule has 3 aromatic heterocycles. The summed E-state index contributed by atoms with van der Waals surface area (Å²) in [5, 5.41) is 0. The van der Waals surface area contributed by atoms with Gasteiger partial charge in [0.05, 0.1) is 23.0 Å². The number of aryl methyl sites for hydroxylation is 1. The number of hydrogen-bond donors (Lipinski definition) is 0. The maximum absolute atomic E-state index is 12.8. The Balaban J connectivity index is 2.26. The Morgan fingerprint density at radius 1 is 1.32 bits per heavy atom. The maximum atomic E-state index is 12.8. The zero-order valence-electron chi connectivity index (χ0n) is 12.8. The van der Waals surface area contributed by atoms with E-state index in [0.29, 0.717) is 9.43 Å². The number of fused-ring (bicyclic) bond motifs is 1. The van der Waals surface area contributed by atoms with E-state index in [-0.39, 0.29) is 27.0 Å². The van der Waals surface area contributed by atoms with E-state index in [1.54, 1.807) is 7.05 Å². The second-order valence-corrected chi connectivity index (χ2v) is 9.81. The summed E-state index contributed by atoms with van der Waals surface area (Å²) in [6.45, 7) is 1.50. The van der Waals surface area contributed by atoms with E-state index in [1.807, 2.05) is 0 Å². The van der Waals surface area contributed by atoms with Crippen molar-refractivity contribution in [2.24, 2.45) is 7.05 Å². The molecule has 12 heteroatoms. The zero-order chi connectivity index (χ0) is 18.6. The van der Waals surface area contributed by atoms with Crippen LogP contribution in [0.5, 0.6) is 0 Å². The van der Waals surface area contributed by atoms with Crippen LogP contribution in [0.2, 0.25) is 0 Å². The number of alkyl halides is 3. The van der Waals surface area contributed by atoms with E-state index in [4.69, 9.17) is 0 Å². The summed E-state index contributed by atoms with van der Waals surface area (Å²) >= 11 is 4.09. The van der Waals surface area contributed by atoms with Gasteiger partial charge in [-0.15, -0.1) is 0 Å². The predicted molar refractivity (Wildman–Crippen MR) is 90.0 cm³/mol. The molecular formula is C13H10BrF3N4O2S2. The molecule has 0 aliphatic carbocycles. The highest BCUT2D eigenvalue weighted by molar-refractivity contribution is 9.11. The molecule has 0 saturated carbocycles. The Morgan fingerprint density at radius 3 is 2.60 bits per heavy atom. The highest BCUT2D eigenvalue weighted by Crippen LogP contribution is 2.36. The number of aromatic nitrogens is 4. The first kappa shape index (κ1) is 18.3. The third-order valence-electron chi connectivity index (χ3n) is 3.50. The molecule has 3 heterocycles. The number of rotatable bonds is 3. The fourth-order valence-electron chi connectivity index (χ4n) is 2.22. The van der Waals surface area contributed by atoms with E-state index < -0.39 is 21.7 Å². The van der Waals surface area contributed by atoms with Gasteiger partial charge in [0, 0.05) is 7.05 Å². The Labute approximate surface area is 152 Å². The summed E-state index contributed by atoms with van der Waals surface area (Å²) in [7, 11) is -2.00. The van der Waals surface area contributed by atoms with Crippen LogP contribution in [0.3, 0.4) is 0 Å². The van der Waals surface area contributed by atoms with Crippen molar-refractivity contribution < 1.29 is 21.6 Å². The van der Waals surface area contributed by atoms with Crippen molar-refractivity contribution in [1.29, 1.82) is 0 Å². The molecule has 0 amide bonds. The molecule has 0 aliphatic heterocycles. The molecule has 0 saturated heterocycles. The lowest BCUT2D eigenvalue weighted by Gasteiger charge is -2.05. The zero-order valence-corrected chi connectivity index (χ0v) is 16.0. The summed E-state index contributed by atoms with van der Waals surface area (Å²) in [5.41, 5.74) is -0.563. The normalized spacial score (nSPS) is 12.9. The highest BCUT2D eigenvalue weighted by atomic mass is 79.9. The van der Waals surface area contributed by atoms with Crippen LogP contribution in [0.1, 0.15) is 12.6 Å². The molecule has 6 nitrogen and oxygen atoms in total. The number of halogens is 4. The van der Waals surface area contributed by atoms with Crippen molar-refractivity contribution in [3.05, 3.63) is 21.9 Å². The first-order valence-corrected chi connectivity index (χ1v) is 10.1. The van der Waals surface area contributed by atoms with Gasteiger partial charge in [-0.05, 0) is 22.0 Å². The van der Waals surface area contributed by atoms with Crippen LogP contribution in [-0.2, 0) is 23.1 Å². The Kier molecular flexibility index (Phi) is 4.40. The van der Waals surface area contributed by atoms with E-state index in [9.17, 15) is 21.6 Å². The molecule has 0 radical (unpaired) electrons. The van der Waals surface area contributed by atoms with Crippen LogP contribution < -0.4 is 0 Å². The molecule has 0 fully saturated rings. The van der Waals surface area contributed by atoms with Gasteiger partial charge >= 0.3 is 6.18 Å². The van der Waals surface area contributed by atoms with Crippen molar-refractivity contribution in [3.63, 3.8) is 0 Å². The van der Waals surface area contributed by atoms with Crippen LogP contribution in [0.15, 0.2) is 20.4 Å². The van der Waals surface area contributed by atoms with Crippen LogP contribution in [0.25, 0.3) is 22.6 Å². The lowest BCUT2D eigenvalue weighted by atomic mass is 10.3. The van der Waals surface area contributed by atoms with Crippen LogP contribution >= 0.6 is 27.3 Å². The number of imidazole rings is 1. The van der Waals surface area contributed by atoms with Gasteiger partial charge in [0.15, 0.2) is 23.8 Å². The van der Waals surface area contributed by atoms with E-state index >= 15 is 0 Å². The topological polar surface area (TPSA) is 77.7 Å². The van der Waals surface area contributed by atoms with Crippen LogP contribution in [-0.4, -0.2) is 33.7 Å². The van der Waals surface area contributed by atoms with Gasteiger partial charge in [0.1, 0.15) is 11.4 Å². The molecule has 0 bridgehead atoms. The number of nitrogens with zero attached hydrogens (tertiary/aromatic N) is 4. The Bertz CT molecular complexity index is 1070. The van der Waals surface area contributed by atoms with Crippen molar-refractivity contribution in [2.45, 2.75) is 17.3 Å². The molecule has 3 rings (SSSR count). The average molecular weight is 455 g/mol. The van der Waals surface area contributed by atoms with E-state index in [1.165, 1.54) is 11.5 Å². The second-order valence-electron chi connectivity index (χ2n) is 5.06. The number of pyridine rings is 1. The molecule has 25 heavy (non-hydrogen) atoms. The van der Waals surface area contributed by atoms with Crippen molar-refractivity contribution in [3.8, 4) is 11.5 Å². The summed E-state index contributed by atoms with van der Waals surface area (Å²) in [5.74, 6) is 0.0309. The number of hydrogen-bond acceptors (Lipinski definition) is 6. The highest BCUT2D eigenvalue weighted by Gasteiger charge is 2.33. The fraction of sp³-hybridized carbons (Fsp3) is 0.308. The van der Waals surface area contributed by atoms with Crippen molar-refractivity contribution in [2.75, 3.05) is 5.75 Å². The minimum Gasteiger partial charge on any atom is -0.324 e. The molecular weight excluding hydrogens is 445 g/mol. The monoisotopic (exact) mass is 454 g/mol. The second kappa shape index (κ2) is 6.02. The third kappa shape index (κ3) is 3.17. The summed E-state index contributed by atoms with van der Waals surface area (Å²) in [6.07, 6.45) is -3.53. The Morgan fingerprint density at radius 2 is 2.00 bits per heavy atom. The van der Waals surface area contributed by atoms with Crippen molar-refractivity contribution >= 4 is 48.1 Å². The molecule has 3 aromatic rings. The molecule has 0 unspecified atom stereocenters. The van der Waals surface area contributed by atoms with Gasteiger partial charge in [-0.1, -0.05) is 18.3 Å². The number of sulfone groups is 1. The van der Waals surface area contributed by atoms with Crippen molar-refractivity contribution in [1.82, 2.24) is 19.5 Å². The van der Waals surface area contributed by atoms with Gasteiger partial charge in [0.2, 0.25) is 0 Å². The lowest BCUT2D eigenvalue weighted by Crippen LogP contribution is -2.07. The first-order chi connectivity index (χ1) is 11.5. The maximum Gasteiger partial charge on any atom is 0.433 e. The quantitative estimate of drug-likeness (QED) is 0.603. The molecule has 0 aliphatic rings. The third-order valence-corrected chi connectivity index (χ3v) is 7.33. The molecule has 0 N–H and O–H groups in total. The van der Waals surface area contributed by atoms with Gasteiger partial charge in [0.25, 0.3) is 0 Å². The minimum absolute atomic E-state index is 0.0179. The van der Waals surface area contributed by atoms with Gasteiger partial charge in [-0.3, -0.25) is 0 Å². The first-order valence-electron chi connectivity index (χ1n) is 6.83. The molecule has 0 atom stereocenters. The van der Waals surface area contributed by atoms with Gasteiger partial charge in [-0.25, -0.2) is 23.4 Å². The summed E-state index contributed by atoms with van der Waals surface area (Å²) in [6, 6.07) is 0.828. The molecule has 0 spiro atoms. The Hall–Kier alpha value is -1.53. The van der Waals surface area contributed by atoms with Crippen LogP contribution in [0.4, 0.5) is 13.2 Å². The summed E-state index contributed by atoms with van der Waals surface area (Å²) in [4.78, 5) is 11.7. The SMILES string of the molecule is CCS(=O)(=O)c1sc(Br)nc1-c1nc2cc(C(F)(F)F)ncc2n1C. The van der Waals surface area contributed by atoms with Crippen LogP contribution in [0, 0.1) is 0 Å². The lowest BCUT2D eigenvalue weighted by molar-refractivity contribution is -0.141. The minimum atomic E-state index is -4.59. The summed E-state index contributed by atoms with van der Waals surface area (Å²) < 4.78 is 64.8. The number of thiazole rings is 1. The van der Waals surface area contributed by atoms with E-state index in [0.717, 1.165) is 23.6 Å². The molecule has 134 valence electrons. The smallest absolute Gasteiger partial charge is 0.324 e. The van der Waals surface area contributed by atoms with E-state index in [2.05, 4.69) is 30.9 Å². The van der Waals surface area contributed by atoms with Gasteiger partial charge < -0.3 is 4.57 Å². The van der Waals surface area contributed by atoms with Gasteiger partial charge in [-0.2, -0.15) is 13.2 Å².